The zero-order chi connectivity index (χ0) is 13.3. The minimum atomic E-state index is -3.22. The van der Waals surface area contributed by atoms with E-state index >= 15 is 0 Å². The Morgan fingerprint density at radius 1 is 1.41 bits per heavy atom. The van der Waals surface area contributed by atoms with Crippen molar-refractivity contribution in [1.82, 2.24) is 9.62 Å². The van der Waals surface area contributed by atoms with Gasteiger partial charge in [-0.15, -0.1) is 0 Å². The number of likely N-dealkylation sites (tertiary alicyclic amines) is 1. The summed E-state index contributed by atoms with van der Waals surface area (Å²) in [5, 5.41) is 0. The van der Waals surface area contributed by atoms with E-state index in [9.17, 15) is 13.2 Å². The van der Waals surface area contributed by atoms with Gasteiger partial charge in [0.05, 0.1) is 6.26 Å². The second-order valence-corrected chi connectivity index (χ2v) is 7.08. The van der Waals surface area contributed by atoms with Crippen molar-refractivity contribution >= 4 is 16.1 Å². The van der Waals surface area contributed by atoms with Crippen molar-refractivity contribution in [1.29, 1.82) is 0 Å². The molecule has 6 nitrogen and oxygen atoms in total. The van der Waals surface area contributed by atoms with Crippen LogP contribution in [-0.2, 0) is 14.8 Å². The lowest BCUT2D eigenvalue weighted by atomic mass is 10.2. The molecule has 1 amide bonds. The standard InChI is InChI=1S/C10H20N2O4S/c1-10(2,3)16-9(13)12-6-5-8(7-12)11-17(4,14)15/h8,11H,5-7H2,1-4H3/t8-/m0/s1. The molecule has 0 spiro atoms. The lowest BCUT2D eigenvalue weighted by Crippen LogP contribution is -2.39. The van der Waals surface area contributed by atoms with Crippen LogP contribution in [0.1, 0.15) is 27.2 Å². The van der Waals surface area contributed by atoms with Crippen LogP contribution in [0.4, 0.5) is 4.79 Å². The van der Waals surface area contributed by atoms with Crippen LogP contribution in [0.15, 0.2) is 0 Å². The highest BCUT2D eigenvalue weighted by Crippen LogP contribution is 2.15. The summed E-state index contributed by atoms with van der Waals surface area (Å²) in [4.78, 5) is 13.2. The molecule has 0 radical (unpaired) electrons. The molecule has 0 unspecified atom stereocenters. The Labute approximate surface area is 102 Å². The van der Waals surface area contributed by atoms with E-state index in [1.807, 2.05) is 0 Å². The molecule has 1 aliphatic rings. The highest BCUT2D eigenvalue weighted by atomic mass is 32.2. The number of hydrogen-bond acceptors (Lipinski definition) is 4. The highest BCUT2D eigenvalue weighted by Gasteiger charge is 2.30. The zero-order valence-electron chi connectivity index (χ0n) is 10.7. The van der Waals surface area contributed by atoms with Crippen LogP contribution in [-0.4, -0.2) is 50.4 Å². The van der Waals surface area contributed by atoms with Crippen molar-refractivity contribution in [2.24, 2.45) is 0 Å². The molecule has 17 heavy (non-hydrogen) atoms. The van der Waals surface area contributed by atoms with E-state index in [-0.39, 0.29) is 6.04 Å². The quantitative estimate of drug-likeness (QED) is 0.790. The highest BCUT2D eigenvalue weighted by molar-refractivity contribution is 7.88. The summed E-state index contributed by atoms with van der Waals surface area (Å²) in [6.07, 6.45) is 1.34. The number of amides is 1. The van der Waals surface area contributed by atoms with E-state index in [0.29, 0.717) is 19.5 Å². The van der Waals surface area contributed by atoms with Crippen molar-refractivity contribution in [3.8, 4) is 0 Å². The zero-order valence-corrected chi connectivity index (χ0v) is 11.5. The predicted octanol–water partition coefficient (Wildman–Crippen LogP) is 0.545. The van der Waals surface area contributed by atoms with Gasteiger partial charge in [0.1, 0.15) is 5.60 Å². The van der Waals surface area contributed by atoms with Crippen LogP contribution < -0.4 is 4.72 Å². The van der Waals surface area contributed by atoms with Gasteiger partial charge >= 0.3 is 6.09 Å². The third-order valence-electron chi connectivity index (χ3n) is 2.22. The third kappa shape index (κ3) is 5.36. The van der Waals surface area contributed by atoms with Gasteiger partial charge in [0.15, 0.2) is 0 Å². The van der Waals surface area contributed by atoms with Gasteiger partial charge in [-0.25, -0.2) is 17.9 Å². The van der Waals surface area contributed by atoms with Gasteiger partial charge in [-0.1, -0.05) is 0 Å². The Balaban J connectivity index is 2.48. The van der Waals surface area contributed by atoms with Gasteiger partial charge in [0.2, 0.25) is 10.0 Å². The molecule has 1 heterocycles. The summed E-state index contributed by atoms with van der Waals surface area (Å²) in [7, 11) is -3.22. The maximum absolute atomic E-state index is 11.7. The molecule has 0 aromatic carbocycles. The maximum Gasteiger partial charge on any atom is 0.410 e. The average Bonchev–Trinajstić information content (AvgIpc) is 2.45. The summed E-state index contributed by atoms with van der Waals surface area (Å²) in [6.45, 7) is 6.28. The van der Waals surface area contributed by atoms with Crippen LogP contribution in [0.2, 0.25) is 0 Å². The Morgan fingerprint density at radius 2 is 2.00 bits per heavy atom. The van der Waals surface area contributed by atoms with E-state index in [1.54, 1.807) is 20.8 Å². The molecule has 1 fully saturated rings. The van der Waals surface area contributed by atoms with E-state index < -0.39 is 21.7 Å². The first kappa shape index (κ1) is 14.2. The van der Waals surface area contributed by atoms with Crippen molar-refractivity contribution in [2.75, 3.05) is 19.3 Å². The minimum Gasteiger partial charge on any atom is -0.444 e. The van der Waals surface area contributed by atoms with E-state index in [1.165, 1.54) is 4.90 Å². The summed E-state index contributed by atoms with van der Waals surface area (Å²) in [6, 6.07) is -0.211. The number of sulfonamides is 1. The Bertz CT molecular complexity index is 386. The number of ether oxygens (including phenoxy) is 1. The van der Waals surface area contributed by atoms with Gasteiger partial charge in [-0.05, 0) is 27.2 Å². The molecule has 0 aliphatic carbocycles. The molecule has 1 atom stereocenters. The number of nitrogens with zero attached hydrogens (tertiary/aromatic N) is 1. The fourth-order valence-corrected chi connectivity index (χ4v) is 2.45. The van der Waals surface area contributed by atoms with Crippen molar-refractivity contribution in [3.05, 3.63) is 0 Å². The Kier molecular flexibility index (Phi) is 4.03. The fourth-order valence-electron chi connectivity index (χ4n) is 1.65. The Hall–Kier alpha value is -0.820. The molecular weight excluding hydrogens is 244 g/mol. The van der Waals surface area contributed by atoms with Crippen molar-refractivity contribution in [3.63, 3.8) is 0 Å². The second-order valence-electron chi connectivity index (χ2n) is 5.30. The number of hydrogen-bond donors (Lipinski definition) is 1. The first-order valence-electron chi connectivity index (χ1n) is 5.52. The average molecular weight is 264 g/mol. The Morgan fingerprint density at radius 3 is 2.47 bits per heavy atom. The molecule has 1 saturated heterocycles. The number of nitrogens with one attached hydrogen (secondary N) is 1. The van der Waals surface area contributed by atoms with Crippen LogP contribution in [0.25, 0.3) is 0 Å². The predicted molar refractivity (Wildman–Crippen MR) is 64.2 cm³/mol. The lowest BCUT2D eigenvalue weighted by Gasteiger charge is -2.24. The smallest absolute Gasteiger partial charge is 0.410 e. The molecule has 0 bridgehead atoms. The molecule has 0 aromatic heterocycles. The van der Waals surface area contributed by atoms with E-state index in [2.05, 4.69) is 4.72 Å². The molecular formula is C10H20N2O4S. The molecule has 0 aromatic rings. The molecule has 1 rings (SSSR count). The second kappa shape index (κ2) is 4.81. The molecule has 7 heteroatoms. The summed E-state index contributed by atoms with van der Waals surface area (Å²) in [5.74, 6) is 0. The van der Waals surface area contributed by atoms with E-state index in [4.69, 9.17) is 4.74 Å². The van der Waals surface area contributed by atoms with Crippen molar-refractivity contribution < 1.29 is 17.9 Å². The van der Waals surface area contributed by atoms with Crippen LogP contribution in [0, 0.1) is 0 Å². The normalized spacial score (nSPS) is 21.6. The minimum absolute atomic E-state index is 0.211. The molecule has 100 valence electrons. The van der Waals surface area contributed by atoms with Gasteiger partial charge < -0.3 is 9.64 Å². The van der Waals surface area contributed by atoms with Crippen LogP contribution >= 0.6 is 0 Å². The molecule has 1 N–H and O–H groups in total. The van der Waals surface area contributed by atoms with E-state index in [0.717, 1.165) is 6.26 Å². The topological polar surface area (TPSA) is 75.7 Å². The van der Waals surface area contributed by atoms with Crippen LogP contribution in [0.5, 0.6) is 0 Å². The lowest BCUT2D eigenvalue weighted by molar-refractivity contribution is 0.0292. The number of carbonyl (C=O) groups excluding carboxylic acids is 1. The molecule has 1 aliphatic heterocycles. The maximum atomic E-state index is 11.7. The van der Waals surface area contributed by atoms with Gasteiger partial charge in [0, 0.05) is 19.1 Å². The first-order chi connectivity index (χ1) is 7.57. The van der Waals surface area contributed by atoms with Gasteiger partial charge in [-0.2, -0.15) is 0 Å². The van der Waals surface area contributed by atoms with Crippen LogP contribution in [0.3, 0.4) is 0 Å². The number of rotatable bonds is 2. The van der Waals surface area contributed by atoms with Crippen molar-refractivity contribution in [2.45, 2.75) is 38.8 Å². The summed E-state index contributed by atoms with van der Waals surface area (Å²) in [5.41, 5.74) is -0.528. The van der Waals surface area contributed by atoms with Gasteiger partial charge in [0.25, 0.3) is 0 Å². The fraction of sp³-hybridized carbons (Fsp3) is 0.900. The monoisotopic (exact) mass is 264 g/mol. The SMILES string of the molecule is CC(C)(C)OC(=O)N1CC[C@H](NS(C)(=O)=O)C1. The summed E-state index contributed by atoms with van der Waals surface area (Å²) < 4.78 is 29.8. The third-order valence-corrected chi connectivity index (χ3v) is 2.98. The first-order valence-corrected chi connectivity index (χ1v) is 7.41. The largest absolute Gasteiger partial charge is 0.444 e. The molecule has 0 saturated carbocycles. The summed E-state index contributed by atoms with van der Waals surface area (Å²) >= 11 is 0. The van der Waals surface area contributed by atoms with Gasteiger partial charge in [-0.3, -0.25) is 0 Å². The number of carbonyl (C=O) groups is 1.